The van der Waals surface area contributed by atoms with Crippen LogP contribution in [-0.2, 0) is 0 Å². The zero-order chi connectivity index (χ0) is 12.1. The van der Waals surface area contributed by atoms with Crippen molar-refractivity contribution in [2.24, 2.45) is 5.92 Å². The van der Waals surface area contributed by atoms with Crippen LogP contribution in [0.4, 0.5) is 0 Å². The highest BCUT2D eigenvalue weighted by molar-refractivity contribution is 9.10. The first-order chi connectivity index (χ1) is 7.49. The highest BCUT2D eigenvalue weighted by atomic mass is 79.9. The summed E-state index contributed by atoms with van der Waals surface area (Å²) in [5.41, 5.74) is 0.699. The lowest BCUT2D eigenvalue weighted by atomic mass is 10.0. The molecule has 0 unspecified atom stereocenters. The molecule has 0 spiro atoms. The molecule has 0 fully saturated rings. The van der Waals surface area contributed by atoms with E-state index in [2.05, 4.69) is 35.1 Å². The topological polar surface area (TPSA) is 29.1 Å². The van der Waals surface area contributed by atoms with Gasteiger partial charge >= 0.3 is 0 Å². The number of hydrogen-bond acceptors (Lipinski definition) is 1. The van der Waals surface area contributed by atoms with E-state index in [0.29, 0.717) is 11.5 Å². The molecule has 3 heteroatoms. The average molecular weight is 300 g/mol. The SMILES string of the molecule is C.CC(C)C[C@@H](C)NC(=O)c1cccc(Br)c1. The van der Waals surface area contributed by atoms with Crippen molar-refractivity contribution in [3.8, 4) is 0 Å². The highest BCUT2D eigenvalue weighted by Gasteiger charge is 2.10. The summed E-state index contributed by atoms with van der Waals surface area (Å²) in [6.45, 7) is 6.35. The molecule has 0 saturated heterocycles. The van der Waals surface area contributed by atoms with E-state index < -0.39 is 0 Å². The Labute approximate surface area is 113 Å². The van der Waals surface area contributed by atoms with Crippen LogP contribution in [0.1, 0.15) is 45.0 Å². The fraction of sp³-hybridized carbons (Fsp3) is 0.500. The molecule has 0 bridgehead atoms. The Morgan fingerprint density at radius 1 is 1.35 bits per heavy atom. The molecule has 0 aliphatic rings. The first-order valence-electron chi connectivity index (χ1n) is 5.55. The summed E-state index contributed by atoms with van der Waals surface area (Å²) in [6, 6.07) is 7.64. The zero-order valence-electron chi connectivity index (χ0n) is 9.96. The summed E-state index contributed by atoms with van der Waals surface area (Å²) in [4.78, 5) is 11.9. The van der Waals surface area contributed by atoms with Crippen LogP contribution >= 0.6 is 15.9 Å². The third-order valence-corrected chi connectivity index (χ3v) is 2.78. The molecule has 96 valence electrons. The average Bonchev–Trinajstić information content (AvgIpc) is 2.16. The molecule has 1 aromatic rings. The van der Waals surface area contributed by atoms with Crippen molar-refractivity contribution >= 4 is 21.8 Å². The Hall–Kier alpha value is -0.830. The second kappa shape index (κ2) is 7.49. The number of benzene rings is 1. The lowest BCUT2D eigenvalue weighted by molar-refractivity contribution is 0.0936. The monoisotopic (exact) mass is 299 g/mol. The fourth-order valence-corrected chi connectivity index (χ4v) is 2.10. The summed E-state index contributed by atoms with van der Waals surface area (Å²) in [6.07, 6.45) is 1.000. The number of carbonyl (C=O) groups excluding carboxylic acids is 1. The van der Waals surface area contributed by atoms with Crippen LogP contribution < -0.4 is 5.32 Å². The van der Waals surface area contributed by atoms with E-state index >= 15 is 0 Å². The number of carbonyl (C=O) groups is 1. The molecule has 17 heavy (non-hydrogen) atoms. The van der Waals surface area contributed by atoms with Gasteiger partial charge in [0.25, 0.3) is 5.91 Å². The number of nitrogens with one attached hydrogen (secondary N) is 1. The third kappa shape index (κ3) is 5.87. The molecule has 1 amide bonds. The quantitative estimate of drug-likeness (QED) is 0.885. The lowest BCUT2D eigenvalue weighted by Crippen LogP contribution is -2.33. The summed E-state index contributed by atoms with van der Waals surface area (Å²) in [5, 5.41) is 2.99. The molecule has 0 aliphatic carbocycles. The second-order valence-electron chi connectivity index (χ2n) is 4.51. The van der Waals surface area contributed by atoms with Gasteiger partial charge in [0.2, 0.25) is 0 Å². The van der Waals surface area contributed by atoms with Gasteiger partial charge in [0.1, 0.15) is 0 Å². The van der Waals surface area contributed by atoms with Crippen LogP contribution in [0.25, 0.3) is 0 Å². The minimum atomic E-state index is -0.00514. The maximum Gasteiger partial charge on any atom is 0.251 e. The van der Waals surface area contributed by atoms with Gasteiger partial charge in [-0.25, -0.2) is 0 Å². The van der Waals surface area contributed by atoms with Gasteiger partial charge in [-0.05, 0) is 37.5 Å². The maximum atomic E-state index is 11.9. The molecular formula is C14H22BrNO. The van der Waals surface area contributed by atoms with Crippen LogP contribution in [0.3, 0.4) is 0 Å². The molecule has 0 radical (unpaired) electrons. The van der Waals surface area contributed by atoms with E-state index in [4.69, 9.17) is 0 Å². The van der Waals surface area contributed by atoms with Crippen molar-refractivity contribution in [1.82, 2.24) is 5.32 Å². The van der Waals surface area contributed by atoms with E-state index in [1.807, 2.05) is 31.2 Å². The summed E-state index contributed by atoms with van der Waals surface area (Å²) >= 11 is 3.36. The summed E-state index contributed by atoms with van der Waals surface area (Å²) < 4.78 is 0.927. The molecular weight excluding hydrogens is 278 g/mol. The standard InChI is InChI=1S/C13H18BrNO.CH4/c1-9(2)7-10(3)15-13(16)11-5-4-6-12(14)8-11;/h4-6,8-10H,7H2,1-3H3,(H,15,16);1H4/t10-;/m1./s1. The summed E-state index contributed by atoms with van der Waals surface area (Å²) in [7, 11) is 0. The minimum absolute atomic E-state index is 0. The molecule has 1 N–H and O–H groups in total. The minimum Gasteiger partial charge on any atom is -0.350 e. The van der Waals surface area contributed by atoms with E-state index in [9.17, 15) is 4.79 Å². The molecule has 0 aliphatic heterocycles. The predicted octanol–water partition coefficient (Wildman–Crippen LogP) is 4.25. The predicted molar refractivity (Wildman–Crippen MR) is 77.3 cm³/mol. The number of halogens is 1. The Bertz CT molecular complexity index is 363. The highest BCUT2D eigenvalue weighted by Crippen LogP contribution is 2.12. The van der Waals surface area contributed by atoms with Gasteiger partial charge < -0.3 is 5.32 Å². The van der Waals surface area contributed by atoms with Crippen LogP contribution in [0.2, 0.25) is 0 Å². The zero-order valence-corrected chi connectivity index (χ0v) is 11.5. The first-order valence-corrected chi connectivity index (χ1v) is 6.34. The van der Waals surface area contributed by atoms with Gasteiger partial charge in [0, 0.05) is 16.1 Å². The Morgan fingerprint density at radius 3 is 2.53 bits per heavy atom. The van der Waals surface area contributed by atoms with Crippen LogP contribution in [0.15, 0.2) is 28.7 Å². The van der Waals surface area contributed by atoms with Gasteiger partial charge in [-0.15, -0.1) is 0 Å². The van der Waals surface area contributed by atoms with E-state index in [-0.39, 0.29) is 19.4 Å². The van der Waals surface area contributed by atoms with Gasteiger partial charge in [-0.2, -0.15) is 0 Å². The Balaban J connectivity index is 0.00000256. The normalized spacial score (nSPS) is 11.8. The number of rotatable bonds is 4. The van der Waals surface area contributed by atoms with Gasteiger partial charge in [-0.1, -0.05) is 43.3 Å². The molecule has 2 nitrogen and oxygen atoms in total. The van der Waals surface area contributed by atoms with Crippen molar-refractivity contribution in [3.05, 3.63) is 34.3 Å². The van der Waals surface area contributed by atoms with Crippen molar-refractivity contribution in [3.63, 3.8) is 0 Å². The van der Waals surface area contributed by atoms with E-state index in [1.165, 1.54) is 0 Å². The van der Waals surface area contributed by atoms with Crippen molar-refractivity contribution in [2.75, 3.05) is 0 Å². The second-order valence-corrected chi connectivity index (χ2v) is 5.43. The molecule has 1 aromatic carbocycles. The first kappa shape index (κ1) is 16.2. The molecule has 0 saturated carbocycles. The van der Waals surface area contributed by atoms with Crippen LogP contribution in [0.5, 0.6) is 0 Å². The lowest BCUT2D eigenvalue weighted by Gasteiger charge is -2.15. The van der Waals surface area contributed by atoms with Crippen LogP contribution in [-0.4, -0.2) is 11.9 Å². The van der Waals surface area contributed by atoms with Crippen molar-refractivity contribution in [1.29, 1.82) is 0 Å². The van der Waals surface area contributed by atoms with Gasteiger partial charge in [0.05, 0.1) is 0 Å². The Morgan fingerprint density at radius 2 is 2.00 bits per heavy atom. The smallest absolute Gasteiger partial charge is 0.251 e. The van der Waals surface area contributed by atoms with Crippen molar-refractivity contribution < 1.29 is 4.79 Å². The Kier molecular flexibility index (Phi) is 7.12. The largest absolute Gasteiger partial charge is 0.350 e. The molecule has 1 rings (SSSR count). The number of amides is 1. The molecule has 0 heterocycles. The summed E-state index contributed by atoms with van der Waals surface area (Å²) in [5.74, 6) is 0.590. The van der Waals surface area contributed by atoms with Crippen molar-refractivity contribution in [2.45, 2.75) is 40.7 Å². The fourth-order valence-electron chi connectivity index (χ4n) is 1.70. The van der Waals surface area contributed by atoms with Gasteiger partial charge in [-0.3, -0.25) is 4.79 Å². The number of hydrogen-bond donors (Lipinski definition) is 1. The molecule has 0 aromatic heterocycles. The van der Waals surface area contributed by atoms with Crippen LogP contribution in [0, 0.1) is 5.92 Å². The van der Waals surface area contributed by atoms with Gasteiger partial charge in [0.15, 0.2) is 0 Å². The van der Waals surface area contributed by atoms with E-state index in [0.717, 1.165) is 10.9 Å². The van der Waals surface area contributed by atoms with E-state index in [1.54, 1.807) is 0 Å². The maximum absolute atomic E-state index is 11.9. The molecule has 1 atom stereocenters. The third-order valence-electron chi connectivity index (χ3n) is 2.29.